The number of anilines is 3. The molecule has 2 saturated heterocycles. The number of carbonyl (C=O) groups is 2. The van der Waals surface area contributed by atoms with E-state index in [0.29, 0.717) is 50.0 Å². The monoisotopic (exact) mass is 693 g/mol. The number of rotatable bonds is 14. The molecule has 0 saturated carbocycles. The molecule has 6 rings (SSSR count). The smallest absolute Gasteiger partial charge is 0.225 e. The molecule has 2 aliphatic heterocycles. The first-order valence-electron chi connectivity index (χ1n) is 17.7. The van der Waals surface area contributed by atoms with Gasteiger partial charge in [0.25, 0.3) is 0 Å². The van der Waals surface area contributed by atoms with Gasteiger partial charge < -0.3 is 35.8 Å². The summed E-state index contributed by atoms with van der Waals surface area (Å²) in [5.41, 5.74) is 10.8. The molecule has 268 valence electrons. The van der Waals surface area contributed by atoms with Crippen LogP contribution >= 0.6 is 0 Å². The van der Waals surface area contributed by atoms with Gasteiger partial charge in [-0.2, -0.15) is 0 Å². The number of unbranched alkanes of at least 4 members (excludes halogenated alkanes) is 1. The number of aromatic nitrogens is 2. The van der Waals surface area contributed by atoms with Crippen molar-refractivity contribution in [3.8, 4) is 0 Å². The van der Waals surface area contributed by atoms with Crippen LogP contribution in [0.25, 0.3) is 0 Å². The number of ether oxygens (including phenoxy) is 2. The first-order chi connectivity index (χ1) is 24.9. The van der Waals surface area contributed by atoms with E-state index in [1.54, 1.807) is 24.5 Å². The van der Waals surface area contributed by atoms with Crippen molar-refractivity contribution in [2.45, 2.75) is 63.8 Å². The molecule has 12 nitrogen and oxygen atoms in total. The summed E-state index contributed by atoms with van der Waals surface area (Å²) in [5.74, 6) is 0.593. The number of piperazine rings is 1. The van der Waals surface area contributed by atoms with Crippen molar-refractivity contribution in [2.24, 2.45) is 0 Å². The number of nitrogens with zero attached hydrogens (tertiary/aromatic N) is 4. The Morgan fingerprint density at radius 2 is 1.47 bits per heavy atom. The lowest BCUT2D eigenvalue weighted by molar-refractivity contribution is -0.253. The Balaban J connectivity index is 0.990. The number of benzene rings is 3. The van der Waals surface area contributed by atoms with Crippen molar-refractivity contribution >= 4 is 29.1 Å². The number of nitrogens with one attached hydrogen (secondary N) is 2. The van der Waals surface area contributed by atoms with Crippen molar-refractivity contribution < 1.29 is 24.2 Å². The van der Waals surface area contributed by atoms with Crippen LogP contribution in [-0.2, 0) is 32.2 Å². The zero-order chi connectivity index (χ0) is 35.4. The summed E-state index contributed by atoms with van der Waals surface area (Å²) in [6.45, 7) is 4.66. The molecule has 5 N–H and O–H groups in total. The van der Waals surface area contributed by atoms with Crippen LogP contribution < -0.4 is 21.3 Å². The fourth-order valence-electron chi connectivity index (χ4n) is 6.38. The molecule has 0 unspecified atom stereocenters. The second-order valence-corrected chi connectivity index (χ2v) is 13.0. The molecule has 2 amide bonds. The van der Waals surface area contributed by atoms with Gasteiger partial charge in [0.1, 0.15) is 0 Å². The number of nitrogens with two attached hydrogens (primary N) is 1. The summed E-state index contributed by atoms with van der Waals surface area (Å²) in [5, 5.41) is 15.3. The molecule has 4 aromatic rings. The topological polar surface area (TPSA) is 155 Å². The van der Waals surface area contributed by atoms with E-state index >= 15 is 0 Å². The van der Waals surface area contributed by atoms with E-state index in [0.717, 1.165) is 60.9 Å². The Morgan fingerprint density at radius 3 is 2.18 bits per heavy atom. The highest BCUT2D eigenvalue weighted by Gasteiger charge is 2.34. The van der Waals surface area contributed by atoms with Gasteiger partial charge in [0, 0.05) is 76.5 Å². The van der Waals surface area contributed by atoms with Gasteiger partial charge in [0.2, 0.25) is 17.8 Å². The van der Waals surface area contributed by atoms with Crippen LogP contribution in [0.5, 0.6) is 0 Å². The van der Waals surface area contributed by atoms with Crippen molar-refractivity contribution in [3.63, 3.8) is 0 Å². The van der Waals surface area contributed by atoms with Crippen LogP contribution in [0.1, 0.15) is 66.8 Å². The summed E-state index contributed by atoms with van der Waals surface area (Å²) in [4.78, 5) is 38.2. The average molecular weight is 694 g/mol. The first kappa shape index (κ1) is 35.9. The third kappa shape index (κ3) is 10.3. The second kappa shape index (κ2) is 17.9. The standard InChI is InChI=1S/C39H47N7O5/c40-33-6-1-2-7-34(33)44-37(49)9-4-3-8-36(48)43-25-28-10-16-31(17-11-28)38-50-32(24-35(51-38)30-14-12-29(27-47)13-15-30)26-45-20-22-46(23-21-45)39-41-18-5-19-42-39/h1-2,5-7,10-19,32,35,38,47H,3-4,8-9,20-27,40H2,(H,43,48)(H,44,49)/t32-,35+,38+/m1/s1. The largest absolute Gasteiger partial charge is 0.397 e. The Kier molecular flexibility index (Phi) is 12.6. The molecule has 3 atom stereocenters. The lowest BCUT2D eigenvalue weighted by atomic mass is 9.99. The van der Waals surface area contributed by atoms with Crippen LogP contribution in [0.2, 0.25) is 0 Å². The highest BCUT2D eigenvalue weighted by atomic mass is 16.7. The maximum absolute atomic E-state index is 12.5. The summed E-state index contributed by atoms with van der Waals surface area (Å²) in [6, 6.07) is 24.9. The van der Waals surface area contributed by atoms with Crippen molar-refractivity contribution in [1.82, 2.24) is 20.2 Å². The Bertz CT molecular complexity index is 1700. The molecule has 1 aromatic heterocycles. The lowest BCUT2D eigenvalue weighted by Crippen LogP contribution is -2.50. The number of aliphatic hydroxyl groups is 1. The maximum atomic E-state index is 12.5. The van der Waals surface area contributed by atoms with Gasteiger partial charge in [-0.1, -0.05) is 60.7 Å². The highest BCUT2D eigenvalue weighted by molar-refractivity contribution is 5.93. The van der Waals surface area contributed by atoms with Crippen molar-refractivity contribution in [2.75, 3.05) is 48.7 Å². The van der Waals surface area contributed by atoms with Gasteiger partial charge in [0.05, 0.1) is 30.2 Å². The average Bonchev–Trinajstić information content (AvgIpc) is 3.17. The fourth-order valence-corrected chi connectivity index (χ4v) is 6.38. The normalized spacial score (nSPS) is 19.4. The molecule has 0 spiro atoms. The predicted octanol–water partition coefficient (Wildman–Crippen LogP) is 4.73. The quantitative estimate of drug-likeness (QED) is 0.108. The van der Waals surface area contributed by atoms with Crippen molar-refractivity contribution in [3.05, 3.63) is 114 Å². The van der Waals surface area contributed by atoms with Gasteiger partial charge >= 0.3 is 0 Å². The minimum Gasteiger partial charge on any atom is -0.397 e. The molecule has 12 heteroatoms. The Hall–Kier alpha value is -4.88. The van der Waals surface area contributed by atoms with E-state index in [2.05, 4.69) is 30.4 Å². The molecule has 2 aliphatic rings. The summed E-state index contributed by atoms with van der Waals surface area (Å²) in [7, 11) is 0. The molecule has 3 heterocycles. The molecule has 0 radical (unpaired) electrons. The number of amides is 2. The molecule has 51 heavy (non-hydrogen) atoms. The molecule has 0 bridgehead atoms. The minimum absolute atomic E-state index is 0.00284. The van der Waals surface area contributed by atoms with E-state index in [1.807, 2.05) is 66.7 Å². The summed E-state index contributed by atoms with van der Waals surface area (Å²) in [6.07, 6.45) is 5.39. The van der Waals surface area contributed by atoms with Gasteiger partial charge in [-0.25, -0.2) is 9.97 Å². The van der Waals surface area contributed by atoms with Crippen molar-refractivity contribution in [1.29, 1.82) is 0 Å². The van der Waals surface area contributed by atoms with Gasteiger partial charge in [0.15, 0.2) is 6.29 Å². The molecule has 0 aliphatic carbocycles. The van der Waals surface area contributed by atoms with E-state index in [4.69, 9.17) is 15.2 Å². The minimum atomic E-state index is -0.551. The molecular weight excluding hydrogens is 646 g/mol. The van der Waals surface area contributed by atoms with Crippen LogP contribution in [0.3, 0.4) is 0 Å². The van der Waals surface area contributed by atoms with E-state index < -0.39 is 6.29 Å². The molecular formula is C39H47N7O5. The zero-order valence-corrected chi connectivity index (χ0v) is 28.8. The van der Waals surface area contributed by atoms with Gasteiger partial charge in [-0.05, 0) is 47.7 Å². The fraction of sp³-hybridized carbons (Fsp3) is 0.385. The van der Waals surface area contributed by atoms with Gasteiger partial charge in [-0.15, -0.1) is 0 Å². The summed E-state index contributed by atoms with van der Waals surface area (Å²) >= 11 is 0. The second-order valence-electron chi connectivity index (χ2n) is 13.0. The number of para-hydroxylation sites is 2. The summed E-state index contributed by atoms with van der Waals surface area (Å²) < 4.78 is 13.1. The van der Waals surface area contributed by atoms with Crippen LogP contribution in [0, 0.1) is 0 Å². The SMILES string of the molecule is Nc1ccccc1NC(=O)CCCCC(=O)NCc1ccc([C@H]2O[C@@H](CN3CCN(c4ncccn4)CC3)C[C@@H](c3ccc(CO)cc3)O2)cc1. The maximum Gasteiger partial charge on any atom is 0.225 e. The van der Waals surface area contributed by atoms with E-state index in [1.165, 1.54) is 0 Å². The highest BCUT2D eigenvalue weighted by Crippen LogP contribution is 2.38. The molecule has 2 fully saturated rings. The van der Waals surface area contributed by atoms with E-state index in [9.17, 15) is 14.7 Å². The Morgan fingerprint density at radius 1 is 0.804 bits per heavy atom. The number of hydrogen-bond donors (Lipinski definition) is 4. The van der Waals surface area contributed by atoms with Gasteiger partial charge in [-0.3, -0.25) is 14.5 Å². The molecule has 3 aromatic carbocycles. The number of carbonyl (C=O) groups excluding carboxylic acids is 2. The third-order valence-electron chi connectivity index (χ3n) is 9.32. The lowest BCUT2D eigenvalue weighted by Gasteiger charge is -2.40. The van der Waals surface area contributed by atoms with Crippen LogP contribution in [0.4, 0.5) is 17.3 Å². The third-order valence-corrected chi connectivity index (χ3v) is 9.32. The number of nitrogen functional groups attached to an aromatic ring is 1. The zero-order valence-electron chi connectivity index (χ0n) is 28.8. The Labute approximate surface area is 299 Å². The van der Waals surface area contributed by atoms with Crippen LogP contribution in [-0.4, -0.2) is 70.6 Å². The number of hydrogen-bond acceptors (Lipinski definition) is 10. The van der Waals surface area contributed by atoms with Crippen LogP contribution in [0.15, 0.2) is 91.3 Å². The predicted molar refractivity (Wildman–Crippen MR) is 195 cm³/mol. The van der Waals surface area contributed by atoms with E-state index in [-0.39, 0.29) is 30.6 Å². The number of aliphatic hydroxyl groups excluding tert-OH is 1. The first-order valence-corrected chi connectivity index (χ1v) is 17.7.